The molecule has 1 fully saturated rings. The number of carbonyl (C=O) groups excluding carboxylic acids is 1. The van der Waals surface area contributed by atoms with Gasteiger partial charge in [-0.15, -0.1) is 10.2 Å². The number of benzene rings is 2. The molecule has 10 heteroatoms. The Labute approximate surface area is 181 Å². The van der Waals surface area contributed by atoms with Crippen molar-refractivity contribution in [3.05, 3.63) is 54.3 Å². The number of nitrogens with one attached hydrogen (secondary N) is 2. The molecule has 0 saturated carbocycles. The molecule has 1 aromatic heterocycles. The normalized spacial score (nSPS) is 13.8. The highest BCUT2D eigenvalue weighted by Crippen LogP contribution is 2.28. The molecule has 7 nitrogen and oxygen atoms in total. The molecule has 0 spiro atoms. The lowest BCUT2D eigenvalue weighted by Gasteiger charge is -2.28. The van der Waals surface area contributed by atoms with Gasteiger partial charge in [-0.3, -0.25) is 4.79 Å². The van der Waals surface area contributed by atoms with Crippen molar-refractivity contribution in [1.29, 1.82) is 0 Å². The molecular weight excluding hydrogens is 425 g/mol. The largest absolute Gasteiger partial charge is 0.378 e. The predicted octanol–water partition coefficient (Wildman–Crippen LogP) is 3.99. The summed E-state index contributed by atoms with van der Waals surface area (Å²) in [5, 5.41) is 14.3. The highest BCUT2D eigenvalue weighted by atomic mass is 32.2. The minimum atomic E-state index is -0.360. The first-order chi connectivity index (χ1) is 14.7. The van der Waals surface area contributed by atoms with Gasteiger partial charge in [-0.25, -0.2) is 4.39 Å². The molecule has 1 saturated heterocycles. The number of hydrogen-bond acceptors (Lipinski definition) is 8. The van der Waals surface area contributed by atoms with Gasteiger partial charge in [-0.2, -0.15) is 0 Å². The number of morpholine rings is 1. The van der Waals surface area contributed by atoms with E-state index < -0.39 is 0 Å². The number of thioether (sulfide) groups is 1. The minimum absolute atomic E-state index is 0.127. The summed E-state index contributed by atoms with van der Waals surface area (Å²) in [6.45, 7) is 3.22. The molecule has 4 rings (SSSR count). The average Bonchev–Trinajstić information content (AvgIpc) is 3.22. The zero-order valence-corrected chi connectivity index (χ0v) is 17.6. The van der Waals surface area contributed by atoms with E-state index in [0.717, 1.165) is 37.7 Å². The molecule has 30 heavy (non-hydrogen) atoms. The van der Waals surface area contributed by atoms with Crippen LogP contribution < -0.4 is 15.5 Å². The van der Waals surface area contributed by atoms with Crippen molar-refractivity contribution in [1.82, 2.24) is 10.2 Å². The second-order valence-corrected chi connectivity index (χ2v) is 8.66. The van der Waals surface area contributed by atoms with Crippen LogP contribution in [-0.4, -0.2) is 48.2 Å². The van der Waals surface area contributed by atoms with E-state index >= 15 is 0 Å². The number of para-hydroxylation sites is 1. The topological polar surface area (TPSA) is 79.4 Å². The first kappa shape index (κ1) is 20.6. The van der Waals surface area contributed by atoms with Crippen LogP contribution in [0, 0.1) is 5.82 Å². The van der Waals surface area contributed by atoms with Crippen LogP contribution in [-0.2, 0) is 9.53 Å². The van der Waals surface area contributed by atoms with E-state index in [1.165, 1.54) is 29.2 Å². The SMILES string of the molecule is O=C(CSc1nnc(Nc2ccccc2F)s1)Nc1ccc(N2CCOCC2)cc1. The van der Waals surface area contributed by atoms with Crippen molar-refractivity contribution < 1.29 is 13.9 Å². The average molecular weight is 446 g/mol. The van der Waals surface area contributed by atoms with Gasteiger partial charge < -0.3 is 20.3 Å². The molecular formula is C20H20FN5O2S2. The first-order valence-electron chi connectivity index (χ1n) is 9.38. The van der Waals surface area contributed by atoms with Crippen LogP contribution in [0.25, 0.3) is 0 Å². The quantitative estimate of drug-likeness (QED) is 0.533. The van der Waals surface area contributed by atoms with Gasteiger partial charge in [0.15, 0.2) is 4.34 Å². The van der Waals surface area contributed by atoms with Crippen molar-refractivity contribution in [2.45, 2.75) is 4.34 Å². The lowest BCUT2D eigenvalue weighted by Crippen LogP contribution is -2.36. The fourth-order valence-corrected chi connectivity index (χ4v) is 4.46. The van der Waals surface area contributed by atoms with Crippen LogP contribution in [0.15, 0.2) is 52.9 Å². The smallest absolute Gasteiger partial charge is 0.234 e. The number of hydrogen-bond donors (Lipinski definition) is 2. The Kier molecular flexibility index (Phi) is 6.77. The molecule has 2 aromatic carbocycles. The number of carbonyl (C=O) groups is 1. The number of amides is 1. The van der Waals surface area contributed by atoms with Crippen LogP contribution >= 0.6 is 23.1 Å². The lowest BCUT2D eigenvalue weighted by atomic mass is 10.2. The van der Waals surface area contributed by atoms with Gasteiger partial charge in [0.2, 0.25) is 11.0 Å². The van der Waals surface area contributed by atoms with Crippen molar-refractivity contribution in [3.63, 3.8) is 0 Å². The monoisotopic (exact) mass is 445 g/mol. The van der Waals surface area contributed by atoms with Crippen molar-refractivity contribution >= 4 is 51.2 Å². The maximum atomic E-state index is 13.7. The minimum Gasteiger partial charge on any atom is -0.378 e. The molecule has 2 N–H and O–H groups in total. The predicted molar refractivity (Wildman–Crippen MR) is 118 cm³/mol. The standard InChI is InChI=1S/C20H20FN5O2S2/c21-16-3-1-2-4-17(16)23-19-24-25-20(30-19)29-13-18(27)22-14-5-7-15(8-6-14)26-9-11-28-12-10-26/h1-8H,9-13H2,(H,22,27)(H,23,24). The molecule has 0 bridgehead atoms. The maximum absolute atomic E-state index is 13.7. The molecule has 1 amide bonds. The third kappa shape index (κ3) is 5.47. The van der Waals surface area contributed by atoms with Gasteiger partial charge in [0.25, 0.3) is 0 Å². The van der Waals surface area contributed by atoms with E-state index in [1.54, 1.807) is 18.2 Å². The molecule has 0 radical (unpaired) electrons. The second kappa shape index (κ2) is 9.88. The van der Waals surface area contributed by atoms with Crippen LogP contribution in [0.5, 0.6) is 0 Å². The first-order valence-corrected chi connectivity index (χ1v) is 11.2. The summed E-state index contributed by atoms with van der Waals surface area (Å²) >= 11 is 2.56. The number of aromatic nitrogens is 2. The number of rotatable bonds is 7. The number of nitrogens with zero attached hydrogens (tertiary/aromatic N) is 3. The summed E-state index contributed by atoms with van der Waals surface area (Å²) < 4.78 is 19.7. The Balaban J connectivity index is 1.26. The van der Waals surface area contributed by atoms with Crippen LogP contribution in [0.2, 0.25) is 0 Å². The second-order valence-electron chi connectivity index (χ2n) is 6.46. The van der Waals surface area contributed by atoms with E-state index in [9.17, 15) is 9.18 Å². The summed E-state index contributed by atoms with van der Waals surface area (Å²) in [6, 6.07) is 14.2. The number of anilines is 4. The Morgan fingerprint density at radius 3 is 2.67 bits per heavy atom. The van der Waals surface area contributed by atoms with Crippen LogP contribution in [0.3, 0.4) is 0 Å². The van der Waals surface area contributed by atoms with Gasteiger partial charge >= 0.3 is 0 Å². The molecule has 0 atom stereocenters. The molecule has 1 aliphatic rings. The van der Waals surface area contributed by atoms with Crippen molar-refractivity contribution in [3.8, 4) is 0 Å². The molecule has 2 heterocycles. The van der Waals surface area contributed by atoms with E-state index in [0.29, 0.717) is 15.2 Å². The van der Waals surface area contributed by atoms with Gasteiger partial charge in [0, 0.05) is 24.5 Å². The van der Waals surface area contributed by atoms with E-state index in [2.05, 4.69) is 25.7 Å². The lowest BCUT2D eigenvalue weighted by molar-refractivity contribution is -0.113. The Bertz CT molecular complexity index is 993. The van der Waals surface area contributed by atoms with Crippen molar-refractivity contribution in [2.75, 3.05) is 47.6 Å². The summed E-state index contributed by atoms with van der Waals surface area (Å²) in [6.07, 6.45) is 0. The van der Waals surface area contributed by atoms with E-state index in [1.807, 2.05) is 24.3 Å². The summed E-state index contributed by atoms with van der Waals surface area (Å²) in [5.41, 5.74) is 2.20. The summed E-state index contributed by atoms with van der Waals surface area (Å²) in [5.74, 6) is -0.279. The van der Waals surface area contributed by atoms with Gasteiger partial charge in [-0.05, 0) is 36.4 Å². The van der Waals surface area contributed by atoms with Crippen LogP contribution in [0.4, 0.5) is 26.6 Å². The van der Waals surface area contributed by atoms with Gasteiger partial charge in [-0.1, -0.05) is 35.2 Å². The highest BCUT2D eigenvalue weighted by Gasteiger charge is 2.12. The summed E-state index contributed by atoms with van der Waals surface area (Å²) in [4.78, 5) is 14.5. The van der Waals surface area contributed by atoms with Crippen molar-refractivity contribution in [2.24, 2.45) is 0 Å². The third-order valence-corrected chi connectivity index (χ3v) is 6.35. The van der Waals surface area contributed by atoms with Gasteiger partial charge in [0.05, 0.1) is 24.7 Å². The fraction of sp³-hybridized carbons (Fsp3) is 0.250. The molecule has 3 aromatic rings. The van der Waals surface area contributed by atoms with E-state index in [-0.39, 0.29) is 17.5 Å². The molecule has 0 unspecified atom stereocenters. The third-order valence-electron chi connectivity index (χ3n) is 4.38. The van der Waals surface area contributed by atoms with Gasteiger partial charge in [0.1, 0.15) is 5.82 Å². The Morgan fingerprint density at radius 1 is 1.13 bits per heavy atom. The highest BCUT2D eigenvalue weighted by molar-refractivity contribution is 8.01. The molecule has 156 valence electrons. The summed E-state index contributed by atoms with van der Waals surface area (Å²) in [7, 11) is 0. The van der Waals surface area contributed by atoms with E-state index in [4.69, 9.17) is 4.74 Å². The Morgan fingerprint density at radius 2 is 1.90 bits per heavy atom. The fourth-order valence-electron chi connectivity index (χ4n) is 2.90. The zero-order valence-electron chi connectivity index (χ0n) is 16.0. The zero-order chi connectivity index (χ0) is 20.8. The Hall–Kier alpha value is -2.69. The number of ether oxygens (including phenoxy) is 1. The molecule has 0 aliphatic carbocycles. The number of halogens is 1. The maximum Gasteiger partial charge on any atom is 0.234 e. The molecule has 1 aliphatic heterocycles. The van der Waals surface area contributed by atoms with Crippen LogP contribution in [0.1, 0.15) is 0 Å².